The molecule has 25 heavy (non-hydrogen) atoms. The van der Waals surface area contributed by atoms with E-state index in [0.717, 1.165) is 11.1 Å². The zero-order chi connectivity index (χ0) is 18.2. The van der Waals surface area contributed by atoms with Gasteiger partial charge in [-0.2, -0.15) is 0 Å². The van der Waals surface area contributed by atoms with E-state index in [-0.39, 0.29) is 24.3 Å². The largest absolute Gasteiger partial charge is 0.497 e. The van der Waals surface area contributed by atoms with Crippen LogP contribution in [0.25, 0.3) is 0 Å². The molecule has 2 atom stereocenters. The molecule has 0 aliphatic carbocycles. The molecule has 2 N–H and O–H groups in total. The summed E-state index contributed by atoms with van der Waals surface area (Å²) in [4.78, 5) is 23.6. The summed E-state index contributed by atoms with van der Waals surface area (Å²) in [7, 11) is 1.58. The molecule has 2 unspecified atom stereocenters. The van der Waals surface area contributed by atoms with Crippen LogP contribution in [0, 0.1) is 0 Å². The van der Waals surface area contributed by atoms with Crippen LogP contribution in [-0.2, 0) is 9.59 Å². The molecular weight excluding hydrogens is 318 g/mol. The highest BCUT2D eigenvalue weighted by Gasteiger charge is 2.21. The molecule has 0 aliphatic rings. The predicted octanol–water partition coefficient (Wildman–Crippen LogP) is 3.52. The van der Waals surface area contributed by atoms with E-state index in [1.165, 1.54) is 0 Å². The second-order valence-electron chi connectivity index (χ2n) is 5.90. The Bertz CT molecular complexity index is 715. The molecule has 0 fully saturated rings. The third-order valence-electron chi connectivity index (χ3n) is 4.15. The highest BCUT2D eigenvalue weighted by Crippen LogP contribution is 2.24. The maximum absolute atomic E-state index is 12.7. The van der Waals surface area contributed by atoms with E-state index >= 15 is 0 Å². The zero-order valence-electron chi connectivity index (χ0n) is 14.4. The first-order chi connectivity index (χ1) is 12.0. The van der Waals surface area contributed by atoms with Crippen molar-refractivity contribution in [2.45, 2.75) is 31.7 Å². The topological polar surface area (TPSA) is 75.6 Å². The molecular formula is C20H23NO4. The summed E-state index contributed by atoms with van der Waals surface area (Å²) in [6, 6.07) is 16.5. The van der Waals surface area contributed by atoms with Gasteiger partial charge in [-0.05, 0) is 36.6 Å². The van der Waals surface area contributed by atoms with Gasteiger partial charge in [-0.15, -0.1) is 0 Å². The van der Waals surface area contributed by atoms with Crippen molar-refractivity contribution in [3.63, 3.8) is 0 Å². The molecule has 0 bridgehead atoms. The molecule has 0 heterocycles. The number of nitrogens with one attached hydrogen (secondary N) is 1. The number of amides is 1. The van der Waals surface area contributed by atoms with Crippen molar-refractivity contribution in [2.75, 3.05) is 7.11 Å². The molecule has 5 heteroatoms. The molecule has 0 saturated carbocycles. The number of methoxy groups -OCH3 is 1. The van der Waals surface area contributed by atoms with Gasteiger partial charge in [0, 0.05) is 6.42 Å². The molecule has 2 rings (SSSR count). The van der Waals surface area contributed by atoms with Crippen molar-refractivity contribution >= 4 is 11.9 Å². The number of benzene rings is 2. The molecule has 0 radical (unpaired) electrons. The lowest BCUT2D eigenvalue weighted by Crippen LogP contribution is -2.32. The van der Waals surface area contributed by atoms with Crippen molar-refractivity contribution < 1.29 is 19.4 Å². The minimum absolute atomic E-state index is 0.00657. The van der Waals surface area contributed by atoms with Crippen LogP contribution in [0.15, 0.2) is 54.6 Å². The van der Waals surface area contributed by atoms with Gasteiger partial charge in [0.1, 0.15) is 5.75 Å². The maximum Gasteiger partial charge on any atom is 0.303 e. The molecule has 0 spiro atoms. The number of aliphatic carboxylic acids is 1. The van der Waals surface area contributed by atoms with Gasteiger partial charge in [-0.25, -0.2) is 0 Å². The number of hydrogen-bond donors (Lipinski definition) is 2. The second-order valence-corrected chi connectivity index (χ2v) is 5.90. The summed E-state index contributed by atoms with van der Waals surface area (Å²) in [5, 5.41) is 11.9. The molecule has 0 aliphatic heterocycles. The fraction of sp³-hybridized carbons (Fsp3) is 0.300. The highest BCUT2D eigenvalue weighted by molar-refractivity contribution is 5.83. The Morgan fingerprint density at radius 3 is 2.40 bits per heavy atom. The van der Waals surface area contributed by atoms with Crippen molar-refractivity contribution in [2.24, 2.45) is 0 Å². The van der Waals surface area contributed by atoms with Gasteiger partial charge in [0.25, 0.3) is 0 Å². The summed E-state index contributed by atoms with van der Waals surface area (Å²) < 4.78 is 5.20. The number of carboxylic acid groups (broad SMARTS) is 1. The number of hydrogen-bond acceptors (Lipinski definition) is 3. The molecule has 0 aromatic heterocycles. The Labute approximate surface area is 147 Å². The lowest BCUT2D eigenvalue weighted by atomic mass is 9.97. The number of ether oxygens (including phenoxy) is 1. The second kappa shape index (κ2) is 8.87. The smallest absolute Gasteiger partial charge is 0.303 e. The van der Waals surface area contributed by atoms with E-state index in [1.54, 1.807) is 7.11 Å². The number of carbonyl (C=O) groups is 2. The first-order valence-corrected chi connectivity index (χ1v) is 8.22. The Morgan fingerprint density at radius 1 is 1.08 bits per heavy atom. The fourth-order valence-corrected chi connectivity index (χ4v) is 2.63. The highest BCUT2D eigenvalue weighted by atomic mass is 16.5. The van der Waals surface area contributed by atoms with E-state index < -0.39 is 5.97 Å². The Hall–Kier alpha value is -2.82. The van der Waals surface area contributed by atoms with Crippen LogP contribution in [-0.4, -0.2) is 24.1 Å². The van der Waals surface area contributed by atoms with Gasteiger partial charge in [0.2, 0.25) is 5.91 Å². The first-order valence-electron chi connectivity index (χ1n) is 8.22. The van der Waals surface area contributed by atoms with Crippen molar-refractivity contribution in [1.82, 2.24) is 5.32 Å². The van der Waals surface area contributed by atoms with Crippen LogP contribution < -0.4 is 10.1 Å². The monoisotopic (exact) mass is 341 g/mol. The number of carboxylic acids is 1. The van der Waals surface area contributed by atoms with Gasteiger partial charge >= 0.3 is 5.97 Å². The van der Waals surface area contributed by atoms with E-state index in [0.29, 0.717) is 12.2 Å². The molecule has 132 valence electrons. The zero-order valence-corrected chi connectivity index (χ0v) is 14.4. The van der Waals surface area contributed by atoms with Crippen LogP contribution in [0.4, 0.5) is 0 Å². The molecule has 2 aromatic rings. The summed E-state index contributed by atoms with van der Waals surface area (Å²) in [6.07, 6.45) is 0.337. The Balaban J connectivity index is 2.13. The lowest BCUT2D eigenvalue weighted by molar-refractivity contribution is -0.137. The summed E-state index contributed by atoms with van der Waals surface area (Å²) >= 11 is 0. The standard InChI is InChI=1S/C20H23NO4/c1-14(16-9-6-10-17(13-16)25-2)20(24)21-18(11-12-19(22)23)15-7-4-3-5-8-15/h3-10,13-14,18H,11-12H2,1-2H3,(H,21,24)(H,22,23). The van der Waals surface area contributed by atoms with Gasteiger partial charge in [0.05, 0.1) is 19.1 Å². The van der Waals surface area contributed by atoms with Gasteiger partial charge in [-0.1, -0.05) is 42.5 Å². The van der Waals surface area contributed by atoms with E-state index in [1.807, 2.05) is 61.5 Å². The lowest BCUT2D eigenvalue weighted by Gasteiger charge is -2.21. The minimum Gasteiger partial charge on any atom is -0.497 e. The van der Waals surface area contributed by atoms with E-state index in [9.17, 15) is 9.59 Å². The van der Waals surface area contributed by atoms with Gasteiger partial charge < -0.3 is 15.2 Å². The molecule has 5 nitrogen and oxygen atoms in total. The van der Waals surface area contributed by atoms with E-state index in [2.05, 4.69) is 5.32 Å². The summed E-state index contributed by atoms with van der Waals surface area (Å²) in [5.41, 5.74) is 1.75. The van der Waals surface area contributed by atoms with E-state index in [4.69, 9.17) is 9.84 Å². The molecule has 1 amide bonds. The average Bonchev–Trinajstić information content (AvgIpc) is 2.64. The van der Waals surface area contributed by atoms with Gasteiger partial charge in [-0.3, -0.25) is 9.59 Å². The quantitative estimate of drug-likeness (QED) is 0.770. The summed E-state index contributed by atoms with van der Waals surface area (Å²) in [6.45, 7) is 1.82. The predicted molar refractivity (Wildman–Crippen MR) is 95.6 cm³/mol. The summed E-state index contributed by atoms with van der Waals surface area (Å²) in [5.74, 6) is -0.697. The van der Waals surface area contributed by atoms with Crippen LogP contribution >= 0.6 is 0 Å². The number of rotatable bonds is 8. The van der Waals surface area contributed by atoms with Crippen molar-refractivity contribution in [1.29, 1.82) is 0 Å². The van der Waals surface area contributed by atoms with Crippen molar-refractivity contribution in [3.8, 4) is 5.75 Å². The maximum atomic E-state index is 12.7. The Morgan fingerprint density at radius 2 is 1.76 bits per heavy atom. The SMILES string of the molecule is COc1cccc(C(C)C(=O)NC(CCC(=O)O)c2ccccc2)c1. The normalized spacial score (nSPS) is 12.9. The van der Waals surface area contributed by atoms with Crippen molar-refractivity contribution in [3.05, 3.63) is 65.7 Å². The average molecular weight is 341 g/mol. The van der Waals surface area contributed by atoms with Gasteiger partial charge in [0.15, 0.2) is 0 Å². The Kier molecular flexibility index (Phi) is 6.57. The minimum atomic E-state index is -0.879. The third-order valence-corrected chi connectivity index (χ3v) is 4.15. The number of carbonyl (C=O) groups excluding carboxylic acids is 1. The molecule has 0 saturated heterocycles. The first kappa shape index (κ1) is 18.5. The fourth-order valence-electron chi connectivity index (χ4n) is 2.63. The van der Waals surface area contributed by atoms with Crippen LogP contribution in [0.3, 0.4) is 0 Å². The van der Waals surface area contributed by atoms with Crippen LogP contribution in [0.1, 0.15) is 42.9 Å². The van der Waals surface area contributed by atoms with Crippen LogP contribution in [0.2, 0.25) is 0 Å². The third kappa shape index (κ3) is 5.35. The van der Waals surface area contributed by atoms with Crippen LogP contribution in [0.5, 0.6) is 5.75 Å². The molecule has 2 aromatic carbocycles.